The zero-order valence-electron chi connectivity index (χ0n) is 16.6. The molecule has 8 heteroatoms. The number of benzene rings is 3. The summed E-state index contributed by atoms with van der Waals surface area (Å²) < 4.78 is 7.93. The van der Waals surface area contributed by atoms with Crippen molar-refractivity contribution in [2.45, 2.75) is 0 Å². The van der Waals surface area contributed by atoms with Crippen LogP contribution in [0.15, 0.2) is 95.8 Å². The Hall–Kier alpha value is -4.30. The maximum atomic E-state index is 12.7. The molecule has 0 aliphatic carbocycles. The van der Waals surface area contributed by atoms with Gasteiger partial charge in [0.1, 0.15) is 17.2 Å². The second kappa shape index (κ2) is 8.44. The highest BCUT2D eigenvalue weighted by atomic mass is 32.1. The van der Waals surface area contributed by atoms with Crippen molar-refractivity contribution in [2.75, 3.05) is 5.32 Å². The number of anilines is 1. The van der Waals surface area contributed by atoms with Gasteiger partial charge < -0.3 is 4.74 Å². The molecule has 5 rings (SSSR count). The average Bonchev–Trinajstić information content (AvgIpc) is 3.22. The third-order valence-corrected chi connectivity index (χ3v) is 5.53. The molecule has 2 heterocycles. The molecule has 0 aliphatic rings. The van der Waals surface area contributed by atoms with Crippen LogP contribution in [0.2, 0.25) is 0 Å². The van der Waals surface area contributed by atoms with E-state index in [1.807, 2.05) is 54.6 Å². The smallest absolute Gasteiger partial charge is 0.277 e. The van der Waals surface area contributed by atoms with Crippen LogP contribution in [0.5, 0.6) is 11.5 Å². The van der Waals surface area contributed by atoms with Gasteiger partial charge in [-0.2, -0.15) is 9.78 Å². The highest BCUT2D eigenvalue weighted by Crippen LogP contribution is 2.31. The van der Waals surface area contributed by atoms with Gasteiger partial charge in [-0.1, -0.05) is 47.7 Å². The largest absolute Gasteiger partial charge is 0.457 e. The Balaban J connectivity index is 1.37. The molecular formula is C24H16N4O3S. The first-order valence-corrected chi connectivity index (χ1v) is 10.6. The van der Waals surface area contributed by atoms with Crippen LogP contribution in [0.3, 0.4) is 0 Å². The van der Waals surface area contributed by atoms with E-state index in [1.54, 1.807) is 24.3 Å². The molecule has 0 saturated carbocycles. The van der Waals surface area contributed by atoms with E-state index < -0.39 is 5.91 Å². The van der Waals surface area contributed by atoms with E-state index in [4.69, 9.17) is 4.74 Å². The van der Waals surface area contributed by atoms with Crippen molar-refractivity contribution in [3.8, 4) is 17.2 Å². The molecule has 0 unspecified atom stereocenters. The minimum Gasteiger partial charge on any atom is -0.457 e. The fourth-order valence-corrected chi connectivity index (χ4v) is 3.98. The molecule has 5 aromatic rings. The molecule has 0 fully saturated rings. The lowest BCUT2D eigenvalue weighted by atomic mass is 10.3. The Morgan fingerprint density at radius 1 is 0.875 bits per heavy atom. The number of thiazole rings is 1. The number of para-hydroxylation sites is 2. The van der Waals surface area contributed by atoms with Crippen molar-refractivity contribution in [1.29, 1.82) is 0 Å². The second-order valence-electron chi connectivity index (χ2n) is 6.82. The lowest BCUT2D eigenvalue weighted by Crippen LogP contribution is -2.24. The summed E-state index contributed by atoms with van der Waals surface area (Å²) in [5, 5.41) is 7.40. The van der Waals surface area contributed by atoms with Gasteiger partial charge in [-0.3, -0.25) is 14.9 Å². The standard InChI is InChI=1S/C24H16N4O3S/c29-22-14-13-20(27-28(22)16-7-3-1-4-8-16)23(30)26-24-25-19-12-11-18(15-21(19)32-24)31-17-9-5-2-6-10-17/h1-15H,(H,25,26,30). The number of ether oxygens (including phenoxy) is 1. The van der Waals surface area contributed by atoms with E-state index in [0.29, 0.717) is 16.6 Å². The molecular weight excluding hydrogens is 424 g/mol. The first kappa shape index (κ1) is 19.7. The van der Waals surface area contributed by atoms with Gasteiger partial charge in [-0.25, -0.2) is 4.98 Å². The maximum Gasteiger partial charge on any atom is 0.277 e. The van der Waals surface area contributed by atoms with Crippen molar-refractivity contribution in [1.82, 2.24) is 14.8 Å². The zero-order valence-corrected chi connectivity index (χ0v) is 17.5. The van der Waals surface area contributed by atoms with Crippen LogP contribution in [0.4, 0.5) is 5.13 Å². The molecule has 0 spiro atoms. The molecule has 0 saturated heterocycles. The molecule has 32 heavy (non-hydrogen) atoms. The number of carbonyl (C=O) groups excluding carboxylic acids is 1. The topological polar surface area (TPSA) is 86.1 Å². The Morgan fingerprint density at radius 2 is 1.62 bits per heavy atom. The predicted octanol–water partition coefficient (Wildman–Crippen LogP) is 4.89. The van der Waals surface area contributed by atoms with Crippen LogP contribution in [0, 0.1) is 0 Å². The van der Waals surface area contributed by atoms with E-state index in [9.17, 15) is 9.59 Å². The van der Waals surface area contributed by atoms with Crippen LogP contribution in [-0.4, -0.2) is 20.7 Å². The van der Waals surface area contributed by atoms with Gasteiger partial charge in [-0.05, 0) is 42.5 Å². The summed E-state index contributed by atoms with van der Waals surface area (Å²) in [6, 6.07) is 26.7. The third kappa shape index (κ3) is 4.12. The Morgan fingerprint density at radius 3 is 2.41 bits per heavy atom. The lowest BCUT2D eigenvalue weighted by molar-refractivity contribution is 0.102. The summed E-state index contributed by atoms with van der Waals surface area (Å²) in [5.41, 5.74) is 1.12. The number of carbonyl (C=O) groups is 1. The molecule has 0 bridgehead atoms. The summed E-state index contributed by atoms with van der Waals surface area (Å²) in [7, 11) is 0. The Labute approximate surface area is 186 Å². The first-order chi connectivity index (χ1) is 15.7. The van der Waals surface area contributed by atoms with E-state index in [2.05, 4.69) is 15.4 Å². The molecule has 3 aromatic carbocycles. The molecule has 0 radical (unpaired) electrons. The molecule has 1 amide bonds. The number of amides is 1. The van der Waals surface area contributed by atoms with E-state index in [0.717, 1.165) is 16.0 Å². The van der Waals surface area contributed by atoms with Gasteiger partial charge in [0, 0.05) is 12.1 Å². The maximum absolute atomic E-state index is 12.7. The SMILES string of the molecule is O=C(Nc1nc2ccc(Oc3ccccc3)cc2s1)c1ccc(=O)n(-c2ccccc2)n1. The zero-order chi connectivity index (χ0) is 21.9. The number of fused-ring (bicyclic) bond motifs is 1. The lowest BCUT2D eigenvalue weighted by Gasteiger charge is -2.06. The molecule has 0 aliphatic heterocycles. The van der Waals surface area contributed by atoms with Gasteiger partial charge in [-0.15, -0.1) is 0 Å². The van der Waals surface area contributed by atoms with Crippen molar-refractivity contribution < 1.29 is 9.53 Å². The molecule has 156 valence electrons. The highest BCUT2D eigenvalue weighted by molar-refractivity contribution is 7.22. The first-order valence-electron chi connectivity index (χ1n) is 9.76. The number of hydrogen-bond acceptors (Lipinski definition) is 6. The van der Waals surface area contributed by atoms with Crippen LogP contribution in [0.25, 0.3) is 15.9 Å². The Kier molecular flexibility index (Phi) is 5.19. The van der Waals surface area contributed by atoms with Crippen molar-refractivity contribution in [3.05, 3.63) is 107 Å². The van der Waals surface area contributed by atoms with Crippen LogP contribution >= 0.6 is 11.3 Å². The number of aromatic nitrogens is 3. The van der Waals surface area contributed by atoms with Crippen molar-refractivity contribution in [3.63, 3.8) is 0 Å². The fraction of sp³-hybridized carbons (Fsp3) is 0. The van der Waals surface area contributed by atoms with Gasteiger partial charge in [0.2, 0.25) is 0 Å². The molecule has 7 nitrogen and oxygen atoms in total. The summed E-state index contributed by atoms with van der Waals surface area (Å²) >= 11 is 1.33. The average molecular weight is 440 g/mol. The summed E-state index contributed by atoms with van der Waals surface area (Å²) in [6.07, 6.45) is 0. The van der Waals surface area contributed by atoms with Gasteiger partial charge >= 0.3 is 0 Å². The van der Waals surface area contributed by atoms with Crippen LogP contribution in [0.1, 0.15) is 10.5 Å². The molecule has 2 aromatic heterocycles. The Bertz CT molecular complexity index is 1460. The highest BCUT2D eigenvalue weighted by Gasteiger charge is 2.14. The van der Waals surface area contributed by atoms with Crippen molar-refractivity contribution in [2.24, 2.45) is 0 Å². The van der Waals surface area contributed by atoms with Crippen LogP contribution in [-0.2, 0) is 0 Å². The number of rotatable bonds is 5. The van der Waals surface area contributed by atoms with Gasteiger partial charge in [0.15, 0.2) is 5.13 Å². The van der Waals surface area contributed by atoms with E-state index >= 15 is 0 Å². The van der Waals surface area contributed by atoms with E-state index in [1.165, 1.54) is 28.2 Å². The van der Waals surface area contributed by atoms with Crippen LogP contribution < -0.4 is 15.6 Å². The summed E-state index contributed by atoms with van der Waals surface area (Å²) in [4.78, 5) is 29.4. The van der Waals surface area contributed by atoms with E-state index in [-0.39, 0.29) is 11.3 Å². The van der Waals surface area contributed by atoms with Crippen molar-refractivity contribution >= 4 is 32.6 Å². The number of nitrogens with one attached hydrogen (secondary N) is 1. The molecule has 1 N–H and O–H groups in total. The second-order valence-corrected chi connectivity index (χ2v) is 7.85. The third-order valence-electron chi connectivity index (χ3n) is 4.59. The van der Waals surface area contributed by atoms with Gasteiger partial charge in [0.05, 0.1) is 15.9 Å². The minimum absolute atomic E-state index is 0.112. The summed E-state index contributed by atoms with van der Waals surface area (Å²) in [6.45, 7) is 0. The quantitative estimate of drug-likeness (QED) is 0.421. The van der Waals surface area contributed by atoms with Gasteiger partial charge in [0.25, 0.3) is 11.5 Å². The monoisotopic (exact) mass is 440 g/mol. The fourth-order valence-electron chi connectivity index (χ4n) is 3.09. The summed E-state index contributed by atoms with van der Waals surface area (Å²) in [5.74, 6) is 0.973. The number of nitrogens with zero attached hydrogens (tertiary/aromatic N) is 3. The minimum atomic E-state index is -0.450. The predicted molar refractivity (Wildman–Crippen MR) is 124 cm³/mol. The number of hydrogen-bond donors (Lipinski definition) is 1. The molecule has 0 atom stereocenters. The normalized spacial score (nSPS) is 10.8.